The van der Waals surface area contributed by atoms with Gasteiger partial charge in [-0.3, -0.25) is 0 Å². The normalized spacial score (nSPS) is 14.9. The zero-order chi connectivity index (χ0) is 19.3. The molecule has 0 saturated heterocycles. The second-order valence-electron chi connectivity index (χ2n) is 7.73. The summed E-state index contributed by atoms with van der Waals surface area (Å²) in [5.41, 5.74) is 7.44. The number of allylic oxidation sites excluding steroid dienone is 2. The molecule has 135 valence electrons. The molecule has 0 heterocycles. The zero-order valence-corrected chi connectivity index (χ0v) is 16.0. The lowest BCUT2D eigenvalue weighted by molar-refractivity contribution is 0.767. The molecule has 0 spiro atoms. The van der Waals surface area contributed by atoms with E-state index < -0.39 is 0 Å². The van der Waals surface area contributed by atoms with Crippen LogP contribution in [0.25, 0.3) is 23.3 Å². The lowest BCUT2D eigenvalue weighted by Gasteiger charge is -2.35. The molecule has 4 aromatic rings. The molecule has 0 fully saturated rings. The van der Waals surface area contributed by atoms with Crippen molar-refractivity contribution in [2.75, 3.05) is 0 Å². The minimum absolute atomic E-state index is 0.319. The molecule has 2 aliphatic rings. The molecule has 2 aliphatic carbocycles. The zero-order valence-electron chi connectivity index (χ0n) is 16.0. The number of benzene rings is 4. The number of hydrogen-bond donors (Lipinski definition) is 0. The fraction of sp³-hybridized carbons (Fsp3) is 0.0345. The molecule has 6 rings (SSSR count). The van der Waals surface area contributed by atoms with Gasteiger partial charge in [0, 0.05) is 0 Å². The summed E-state index contributed by atoms with van der Waals surface area (Å²) in [7, 11) is 0. The maximum atomic E-state index is 3.52. The first-order valence-electron chi connectivity index (χ1n) is 10.0. The Hall–Kier alpha value is -3.64. The minimum Gasteiger partial charge on any atom is -0.0646 e. The van der Waals surface area contributed by atoms with E-state index in [9.17, 15) is 0 Å². The third-order valence-electron chi connectivity index (χ3n) is 6.21. The second-order valence-corrected chi connectivity index (χ2v) is 7.73. The Kier molecular flexibility index (Phi) is 3.48. The summed E-state index contributed by atoms with van der Waals surface area (Å²) in [5, 5.41) is 2.46. The Morgan fingerprint density at radius 2 is 1.28 bits per heavy atom. The summed E-state index contributed by atoms with van der Waals surface area (Å²) in [6.45, 7) is 0. The molecular formula is C29H19. The molecule has 0 amide bonds. The summed E-state index contributed by atoms with van der Waals surface area (Å²) in [5.74, 6) is 0. The van der Waals surface area contributed by atoms with Crippen LogP contribution in [0.3, 0.4) is 0 Å². The van der Waals surface area contributed by atoms with E-state index in [-0.39, 0.29) is 5.41 Å². The molecule has 0 heteroatoms. The quantitative estimate of drug-likeness (QED) is 0.409. The first-order chi connectivity index (χ1) is 14.4. The number of rotatable bonds is 2. The second kappa shape index (κ2) is 6.18. The minimum atomic E-state index is -0.319. The van der Waals surface area contributed by atoms with E-state index in [0.29, 0.717) is 0 Å². The van der Waals surface area contributed by atoms with Crippen molar-refractivity contribution in [3.05, 3.63) is 142 Å². The van der Waals surface area contributed by atoms with Crippen molar-refractivity contribution < 1.29 is 0 Å². The van der Waals surface area contributed by atoms with Gasteiger partial charge < -0.3 is 0 Å². The average molecular weight is 367 g/mol. The third kappa shape index (κ3) is 2.33. The molecule has 0 nitrogen and oxygen atoms in total. The van der Waals surface area contributed by atoms with Gasteiger partial charge in [-0.2, -0.15) is 0 Å². The molecule has 0 aromatic heterocycles. The Labute approximate surface area is 170 Å². The van der Waals surface area contributed by atoms with Crippen LogP contribution in [0.4, 0.5) is 0 Å². The van der Waals surface area contributed by atoms with Crippen LogP contribution >= 0.6 is 0 Å². The van der Waals surface area contributed by atoms with Crippen molar-refractivity contribution in [1.29, 1.82) is 0 Å². The molecule has 0 unspecified atom stereocenters. The highest BCUT2D eigenvalue weighted by molar-refractivity contribution is 5.83. The maximum absolute atomic E-state index is 3.52. The van der Waals surface area contributed by atoms with Gasteiger partial charge in [0.2, 0.25) is 0 Å². The Balaban J connectivity index is 1.70. The maximum Gasteiger partial charge on any atom is 0.0641 e. The molecular weight excluding hydrogens is 348 g/mol. The van der Waals surface area contributed by atoms with Gasteiger partial charge in [-0.05, 0) is 68.1 Å². The van der Waals surface area contributed by atoms with E-state index in [0.717, 1.165) is 0 Å². The number of hydrogen-bond acceptors (Lipinski definition) is 0. The van der Waals surface area contributed by atoms with Crippen LogP contribution in [-0.2, 0) is 5.41 Å². The molecule has 29 heavy (non-hydrogen) atoms. The van der Waals surface area contributed by atoms with E-state index in [1.54, 1.807) is 0 Å². The molecule has 0 N–H and O–H groups in total. The van der Waals surface area contributed by atoms with Crippen molar-refractivity contribution in [3.8, 4) is 11.1 Å². The van der Waals surface area contributed by atoms with Gasteiger partial charge in [-0.25, -0.2) is 0 Å². The third-order valence-corrected chi connectivity index (χ3v) is 6.21. The van der Waals surface area contributed by atoms with E-state index in [2.05, 4.69) is 121 Å². The summed E-state index contributed by atoms with van der Waals surface area (Å²) >= 11 is 0. The fourth-order valence-corrected chi connectivity index (χ4v) is 4.87. The summed E-state index contributed by atoms with van der Waals surface area (Å²) in [6.07, 6.45) is 10.2. The van der Waals surface area contributed by atoms with Gasteiger partial charge >= 0.3 is 0 Å². The van der Waals surface area contributed by atoms with Gasteiger partial charge in [0.15, 0.2) is 0 Å². The predicted molar refractivity (Wildman–Crippen MR) is 120 cm³/mol. The van der Waals surface area contributed by atoms with Crippen LogP contribution in [0, 0.1) is 0 Å². The standard InChI is InChI=1S/C29H19/c1-3-12-24(13-4-1)29(25-14-5-2-6-15-25)17-9-11-22-19-27-23(20-28(22)29)18-21-10-7-8-16-26(21)27/h1-10,12-20H. The summed E-state index contributed by atoms with van der Waals surface area (Å²) < 4.78 is 0. The number of fused-ring (bicyclic) bond motifs is 4. The van der Waals surface area contributed by atoms with Crippen LogP contribution in [0.15, 0.2) is 109 Å². The topological polar surface area (TPSA) is 0 Å². The SMILES string of the molecule is [C]1=c2cc3c(cc2C(c2ccccc2)(c2ccccc2)C=C1)=Cc1ccccc1-3. The highest BCUT2D eigenvalue weighted by Crippen LogP contribution is 2.40. The lowest BCUT2D eigenvalue weighted by Crippen LogP contribution is -2.36. The largest absolute Gasteiger partial charge is 0.0646 e. The Bertz CT molecular complexity index is 1330. The smallest absolute Gasteiger partial charge is 0.0641 e. The van der Waals surface area contributed by atoms with Crippen molar-refractivity contribution in [2.45, 2.75) is 5.41 Å². The summed E-state index contributed by atoms with van der Waals surface area (Å²) in [6, 6.07) is 35.0. The molecule has 0 bridgehead atoms. The van der Waals surface area contributed by atoms with E-state index >= 15 is 0 Å². The molecule has 0 aliphatic heterocycles. The predicted octanol–water partition coefficient (Wildman–Crippen LogP) is 5.06. The Morgan fingerprint density at radius 3 is 2.00 bits per heavy atom. The molecule has 0 saturated carbocycles. The first kappa shape index (κ1) is 16.3. The van der Waals surface area contributed by atoms with E-state index in [1.165, 1.54) is 43.8 Å². The van der Waals surface area contributed by atoms with Gasteiger partial charge in [0.05, 0.1) is 5.41 Å². The van der Waals surface area contributed by atoms with Gasteiger partial charge in [-0.1, -0.05) is 97.1 Å². The summed E-state index contributed by atoms with van der Waals surface area (Å²) in [4.78, 5) is 0. The van der Waals surface area contributed by atoms with Gasteiger partial charge in [0.25, 0.3) is 0 Å². The molecule has 0 atom stereocenters. The van der Waals surface area contributed by atoms with Crippen molar-refractivity contribution >= 4 is 12.2 Å². The highest BCUT2D eigenvalue weighted by atomic mass is 14.4. The first-order valence-corrected chi connectivity index (χ1v) is 10.0. The average Bonchev–Trinajstić information content (AvgIpc) is 3.16. The van der Waals surface area contributed by atoms with Crippen LogP contribution in [-0.4, -0.2) is 0 Å². The van der Waals surface area contributed by atoms with Gasteiger partial charge in [0.1, 0.15) is 0 Å². The van der Waals surface area contributed by atoms with Gasteiger partial charge in [-0.15, -0.1) is 0 Å². The van der Waals surface area contributed by atoms with Crippen LogP contribution in [0.5, 0.6) is 0 Å². The van der Waals surface area contributed by atoms with Crippen LogP contribution < -0.4 is 10.4 Å². The monoisotopic (exact) mass is 367 g/mol. The highest BCUT2D eigenvalue weighted by Gasteiger charge is 2.36. The lowest BCUT2D eigenvalue weighted by atomic mass is 9.67. The molecule has 4 aromatic carbocycles. The fourth-order valence-electron chi connectivity index (χ4n) is 4.87. The Morgan fingerprint density at radius 1 is 0.621 bits per heavy atom. The van der Waals surface area contributed by atoms with Crippen molar-refractivity contribution in [1.82, 2.24) is 0 Å². The van der Waals surface area contributed by atoms with Crippen molar-refractivity contribution in [2.24, 2.45) is 0 Å². The van der Waals surface area contributed by atoms with E-state index in [1.807, 2.05) is 0 Å². The molecule has 1 radical (unpaired) electrons. The van der Waals surface area contributed by atoms with Crippen LogP contribution in [0.2, 0.25) is 0 Å². The van der Waals surface area contributed by atoms with E-state index in [4.69, 9.17) is 0 Å². The van der Waals surface area contributed by atoms with Crippen LogP contribution in [0.1, 0.15) is 22.3 Å². The van der Waals surface area contributed by atoms with Crippen molar-refractivity contribution in [3.63, 3.8) is 0 Å².